The molecule has 0 saturated heterocycles. The average molecular weight is 249 g/mol. The third kappa shape index (κ3) is 1.79. The van der Waals surface area contributed by atoms with Crippen molar-refractivity contribution in [1.82, 2.24) is 0 Å². The maximum absolute atomic E-state index is 10.6. The van der Waals surface area contributed by atoms with Crippen LogP contribution in [-0.4, -0.2) is 11.1 Å². The number of hydrogen-bond donors (Lipinski definition) is 1. The van der Waals surface area contributed by atoms with Gasteiger partial charge in [-0.2, -0.15) is 0 Å². The molecule has 0 atom stereocenters. The molecule has 0 aliphatic carbocycles. The van der Waals surface area contributed by atoms with Gasteiger partial charge in [-0.1, -0.05) is 11.6 Å². The van der Waals surface area contributed by atoms with Gasteiger partial charge in [-0.05, 0) is 40.5 Å². The van der Waals surface area contributed by atoms with E-state index < -0.39 is 5.97 Å². The van der Waals surface area contributed by atoms with Gasteiger partial charge >= 0.3 is 5.97 Å². The molecule has 0 aromatic heterocycles. The predicted molar refractivity (Wildman–Crippen MR) is 50.8 cm³/mol. The summed E-state index contributed by atoms with van der Waals surface area (Å²) in [5.41, 5.74) is 1.04. The molecule has 0 unspecified atom stereocenters. The van der Waals surface area contributed by atoms with E-state index in [2.05, 4.69) is 15.9 Å². The summed E-state index contributed by atoms with van der Waals surface area (Å²) in [5.74, 6) is -0.983. The van der Waals surface area contributed by atoms with E-state index in [1.54, 1.807) is 6.07 Å². The van der Waals surface area contributed by atoms with Crippen LogP contribution in [0.25, 0.3) is 0 Å². The molecule has 0 aliphatic rings. The highest BCUT2D eigenvalue weighted by Gasteiger charge is 2.09. The van der Waals surface area contributed by atoms with E-state index in [1.165, 1.54) is 6.07 Å². The highest BCUT2D eigenvalue weighted by molar-refractivity contribution is 9.10. The second kappa shape index (κ2) is 3.46. The number of rotatable bonds is 1. The standard InChI is InChI=1S/C8H6BrClO2/c1-4-2-6(9)5(8(11)12)3-7(4)10/h2-3H,1H3,(H,11,12). The fraction of sp³-hybridized carbons (Fsp3) is 0.125. The lowest BCUT2D eigenvalue weighted by Crippen LogP contribution is -1.97. The molecule has 1 aromatic carbocycles. The summed E-state index contributed by atoms with van der Waals surface area (Å²) < 4.78 is 0.553. The second-order valence-corrected chi connectivity index (χ2v) is 3.65. The Morgan fingerprint density at radius 3 is 2.67 bits per heavy atom. The Balaban J connectivity index is 3.33. The van der Waals surface area contributed by atoms with E-state index in [-0.39, 0.29) is 5.56 Å². The Morgan fingerprint density at radius 1 is 1.58 bits per heavy atom. The fourth-order valence-corrected chi connectivity index (χ4v) is 1.60. The third-order valence-corrected chi connectivity index (χ3v) is 2.54. The van der Waals surface area contributed by atoms with Crippen molar-refractivity contribution in [3.63, 3.8) is 0 Å². The highest BCUT2D eigenvalue weighted by atomic mass is 79.9. The molecular weight excluding hydrogens is 243 g/mol. The molecule has 0 aliphatic heterocycles. The summed E-state index contributed by atoms with van der Waals surface area (Å²) in [6.07, 6.45) is 0. The Hall–Kier alpha value is -0.540. The predicted octanol–water partition coefficient (Wildman–Crippen LogP) is 3.11. The summed E-state index contributed by atoms with van der Waals surface area (Å²) in [6, 6.07) is 3.12. The van der Waals surface area contributed by atoms with E-state index in [1.807, 2.05) is 6.92 Å². The molecule has 0 heterocycles. The molecule has 0 saturated carbocycles. The summed E-state index contributed by atoms with van der Waals surface area (Å²) in [7, 11) is 0. The molecule has 1 rings (SSSR count). The molecule has 0 bridgehead atoms. The van der Waals surface area contributed by atoms with Crippen molar-refractivity contribution in [2.75, 3.05) is 0 Å². The summed E-state index contributed by atoms with van der Waals surface area (Å²) in [6.45, 7) is 1.82. The Kier molecular flexibility index (Phi) is 2.75. The zero-order valence-electron chi connectivity index (χ0n) is 6.27. The minimum Gasteiger partial charge on any atom is -0.478 e. The number of carboxylic acids is 1. The molecule has 1 aromatic rings. The van der Waals surface area contributed by atoms with Gasteiger partial charge in [0.1, 0.15) is 0 Å². The van der Waals surface area contributed by atoms with Crippen LogP contribution < -0.4 is 0 Å². The van der Waals surface area contributed by atoms with Crippen LogP contribution in [0.5, 0.6) is 0 Å². The van der Waals surface area contributed by atoms with E-state index in [4.69, 9.17) is 16.7 Å². The van der Waals surface area contributed by atoms with Gasteiger partial charge in [-0.25, -0.2) is 4.79 Å². The first kappa shape index (κ1) is 9.55. The maximum Gasteiger partial charge on any atom is 0.336 e. The quantitative estimate of drug-likeness (QED) is 0.830. The largest absolute Gasteiger partial charge is 0.478 e. The summed E-state index contributed by atoms with van der Waals surface area (Å²) in [5, 5.41) is 9.16. The Labute approximate surface area is 83.3 Å². The second-order valence-electron chi connectivity index (χ2n) is 2.39. The van der Waals surface area contributed by atoms with Crippen molar-refractivity contribution in [2.45, 2.75) is 6.92 Å². The van der Waals surface area contributed by atoms with Gasteiger partial charge in [-0.3, -0.25) is 0 Å². The Morgan fingerprint density at radius 2 is 2.17 bits per heavy atom. The molecular formula is C8H6BrClO2. The minimum atomic E-state index is -0.983. The molecule has 4 heteroatoms. The van der Waals surface area contributed by atoms with Crippen LogP contribution in [0.4, 0.5) is 0 Å². The van der Waals surface area contributed by atoms with Gasteiger partial charge in [0.25, 0.3) is 0 Å². The minimum absolute atomic E-state index is 0.186. The van der Waals surface area contributed by atoms with Gasteiger partial charge < -0.3 is 5.11 Å². The number of aryl methyl sites for hydroxylation is 1. The van der Waals surface area contributed by atoms with Gasteiger partial charge in [0, 0.05) is 9.50 Å². The molecule has 12 heavy (non-hydrogen) atoms. The zero-order valence-corrected chi connectivity index (χ0v) is 8.61. The van der Waals surface area contributed by atoms with Crippen LogP contribution in [0.3, 0.4) is 0 Å². The number of carboxylic acid groups (broad SMARTS) is 1. The number of benzene rings is 1. The smallest absolute Gasteiger partial charge is 0.336 e. The van der Waals surface area contributed by atoms with Crippen molar-refractivity contribution in [3.8, 4) is 0 Å². The van der Waals surface area contributed by atoms with Gasteiger partial charge in [0.05, 0.1) is 5.56 Å². The molecule has 1 N–H and O–H groups in total. The maximum atomic E-state index is 10.6. The SMILES string of the molecule is Cc1cc(Br)c(C(=O)O)cc1Cl. The summed E-state index contributed by atoms with van der Waals surface area (Å²) in [4.78, 5) is 10.6. The Bertz CT molecular complexity index is 336. The average Bonchev–Trinajstić information content (AvgIpc) is 1.96. The van der Waals surface area contributed by atoms with Crippen LogP contribution in [-0.2, 0) is 0 Å². The van der Waals surface area contributed by atoms with Crippen molar-refractivity contribution in [1.29, 1.82) is 0 Å². The van der Waals surface area contributed by atoms with Crippen LogP contribution >= 0.6 is 27.5 Å². The first-order chi connectivity index (χ1) is 5.52. The monoisotopic (exact) mass is 248 g/mol. The first-order valence-corrected chi connectivity index (χ1v) is 4.38. The normalized spacial score (nSPS) is 9.92. The highest BCUT2D eigenvalue weighted by Crippen LogP contribution is 2.24. The summed E-state index contributed by atoms with van der Waals surface area (Å²) >= 11 is 8.89. The van der Waals surface area contributed by atoms with E-state index in [9.17, 15) is 4.79 Å². The lowest BCUT2D eigenvalue weighted by Gasteiger charge is -2.02. The number of halogens is 2. The number of hydrogen-bond acceptors (Lipinski definition) is 1. The van der Waals surface area contributed by atoms with E-state index in [0.717, 1.165) is 5.56 Å². The lowest BCUT2D eigenvalue weighted by atomic mass is 10.1. The molecule has 0 amide bonds. The molecule has 0 fully saturated rings. The van der Waals surface area contributed by atoms with Gasteiger partial charge in [0.15, 0.2) is 0 Å². The molecule has 0 radical (unpaired) electrons. The van der Waals surface area contributed by atoms with Gasteiger partial charge in [0.2, 0.25) is 0 Å². The van der Waals surface area contributed by atoms with Crippen molar-refractivity contribution in [2.24, 2.45) is 0 Å². The number of carbonyl (C=O) groups is 1. The lowest BCUT2D eigenvalue weighted by molar-refractivity contribution is 0.0696. The number of aromatic carboxylic acids is 1. The third-order valence-electron chi connectivity index (χ3n) is 1.48. The van der Waals surface area contributed by atoms with E-state index in [0.29, 0.717) is 9.50 Å². The van der Waals surface area contributed by atoms with E-state index >= 15 is 0 Å². The topological polar surface area (TPSA) is 37.3 Å². The molecule has 0 spiro atoms. The van der Waals surface area contributed by atoms with Crippen LogP contribution in [0.2, 0.25) is 5.02 Å². The molecule has 2 nitrogen and oxygen atoms in total. The fourth-order valence-electron chi connectivity index (χ4n) is 0.810. The van der Waals surface area contributed by atoms with Crippen molar-refractivity contribution >= 4 is 33.5 Å². The van der Waals surface area contributed by atoms with Crippen LogP contribution in [0.1, 0.15) is 15.9 Å². The van der Waals surface area contributed by atoms with Crippen molar-refractivity contribution in [3.05, 3.63) is 32.8 Å². The van der Waals surface area contributed by atoms with Crippen LogP contribution in [0, 0.1) is 6.92 Å². The van der Waals surface area contributed by atoms with Crippen molar-refractivity contribution < 1.29 is 9.90 Å². The first-order valence-electron chi connectivity index (χ1n) is 3.21. The van der Waals surface area contributed by atoms with Gasteiger partial charge in [-0.15, -0.1) is 0 Å². The zero-order chi connectivity index (χ0) is 9.30. The van der Waals surface area contributed by atoms with Crippen LogP contribution in [0.15, 0.2) is 16.6 Å². The molecule has 64 valence electrons.